The average molecular weight is 213 g/mol. The maximum Gasteiger partial charge on any atom is 0.405 e. The Morgan fingerprint density at radius 1 is 1.47 bits per heavy atom. The van der Waals surface area contributed by atoms with Gasteiger partial charge in [-0.2, -0.15) is 0 Å². The fourth-order valence-corrected chi connectivity index (χ4v) is 2.65. The summed E-state index contributed by atoms with van der Waals surface area (Å²) >= 11 is 0. The van der Waals surface area contributed by atoms with E-state index >= 15 is 0 Å². The van der Waals surface area contributed by atoms with Gasteiger partial charge >= 0.3 is 6.09 Å². The Bertz CT molecular complexity index is 245. The number of piperazine rings is 1. The number of nitrogens with one attached hydrogen (secondary N) is 2. The van der Waals surface area contributed by atoms with Crippen LogP contribution >= 0.6 is 0 Å². The number of hydrogen-bond donors (Lipinski definition) is 3. The molecule has 1 saturated heterocycles. The molecule has 3 N–H and O–H groups in total. The summed E-state index contributed by atoms with van der Waals surface area (Å²) in [6, 6.07) is 0.573. The lowest BCUT2D eigenvalue weighted by molar-refractivity contribution is 0.0383. The topological polar surface area (TPSA) is 64.6 Å². The van der Waals surface area contributed by atoms with E-state index in [9.17, 15) is 4.79 Å². The van der Waals surface area contributed by atoms with Crippen LogP contribution in [0.4, 0.5) is 4.79 Å². The van der Waals surface area contributed by atoms with Gasteiger partial charge in [0, 0.05) is 37.8 Å². The van der Waals surface area contributed by atoms with Gasteiger partial charge in [-0.05, 0) is 19.8 Å². The van der Waals surface area contributed by atoms with Gasteiger partial charge in [-0.25, -0.2) is 4.79 Å². The van der Waals surface area contributed by atoms with Gasteiger partial charge in [-0.3, -0.25) is 4.90 Å². The number of hydrogen-bond acceptors (Lipinski definition) is 3. The molecule has 1 aliphatic heterocycles. The zero-order chi connectivity index (χ0) is 10.9. The summed E-state index contributed by atoms with van der Waals surface area (Å²) in [5.41, 5.74) is -0.193. The first-order chi connectivity index (χ1) is 7.09. The van der Waals surface area contributed by atoms with Crippen molar-refractivity contribution in [2.24, 2.45) is 0 Å². The lowest BCUT2D eigenvalue weighted by Crippen LogP contribution is -2.63. The van der Waals surface area contributed by atoms with Crippen LogP contribution in [0.15, 0.2) is 0 Å². The van der Waals surface area contributed by atoms with Crippen molar-refractivity contribution in [1.82, 2.24) is 15.5 Å². The van der Waals surface area contributed by atoms with Crippen molar-refractivity contribution in [1.29, 1.82) is 0 Å². The van der Waals surface area contributed by atoms with E-state index < -0.39 is 6.09 Å². The molecular weight excluding hydrogens is 194 g/mol. The Morgan fingerprint density at radius 2 is 2.07 bits per heavy atom. The highest BCUT2D eigenvalue weighted by Crippen LogP contribution is 2.35. The highest BCUT2D eigenvalue weighted by atomic mass is 16.4. The monoisotopic (exact) mass is 213 g/mol. The SMILES string of the molecule is CC1(NC(=O)O)CC(N2CCNCC2)C1. The third-order valence-corrected chi connectivity index (χ3v) is 3.45. The smallest absolute Gasteiger partial charge is 0.405 e. The number of rotatable bonds is 2. The predicted molar refractivity (Wildman–Crippen MR) is 57.0 cm³/mol. The highest BCUT2D eigenvalue weighted by molar-refractivity contribution is 5.65. The molecule has 0 aromatic carbocycles. The molecule has 1 aliphatic carbocycles. The Morgan fingerprint density at radius 3 is 2.60 bits per heavy atom. The van der Waals surface area contributed by atoms with Crippen molar-refractivity contribution < 1.29 is 9.90 Å². The molecule has 15 heavy (non-hydrogen) atoms. The molecule has 2 fully saturated rings. The molecule has 5 nitrogen and oxygen atoms in total. The molecule has 0 unspecified atom stereocenters. The van der Waals surface area contributed by atoms with Crippen molar-refractivity contribution in [3.8, 4) is 0 Å². The van der Waals surface area contributed by atoms with Crippen molar-refractivity contribution in [3.63, 3.8) is 0 Å². The molecule has 86 valence electrons. The van der Waals surface area contributed by atoms with Crippen molar-refractivity contribution in [2.45, 2.75) is 31.3 Å². The van der Waals surface area contributed by atoms with Crippen LogP contribution in [0, 0.1) is 0 Å². The summed E-state index contributed by atoms with van der Waals surface area (Å²) in [6.07, 6.45) is 0.981. The van der Waals surface area contributed by atoms with E-state index in [0.717, 1.165) is 39.0 Å². The van der Waals surface area contributed by atoms with Crippen LogP contribution in [-0.2, 0) is 0 Å². The van der Waals surface area contributed by atoms with E-state index in [1.54, 1.807) is 0 Å². The third kappa shape index (κ3) is 2.41. The number of nitrogens with zero attached hydrogens (tertiary/aromatic N) is 1. The van der Waals surface area contributed by atoms with E-state index in [2.05, 4.69) is 15.5 Å². The molecule has 0 aromatic rings. The fourth-order valence-electron chi connectivity index (χ4n) is 2.65. The normalized spacial score (nSPS) is 37.0. The van der Waals surface area contributed by atoms with Crippen molar-refractivity contribution in [3.05, 3.63) is 0 Å². The fraction of sp³-hybridized carbons (Fsp3) is 0.900. The zero-order valence-electron chi connectivity index (χ0n) is 9.12. The maximum absolute atomic E-state index is 10.6. The number of carbonyl (C=O) groups is 1. The highest BCUT2D eigenvalue weighted by Gasteiger charge is 2.44. The number of carboxylic acid groups (broad SMARTS) is 1. The molecule has 0 radical (unpaired) electrons. The van der Waals surface area contributed by atoms with Crippen LogP contribution in [0.25, 0.3) is 0 Å². The molecule has 0 aromatic heterocycles. The number of amides is 1. The van der Waals surface area contributed by atoms with Gasteiger partial charge < -0.3 is 15.7 Å². The Labute approximate surface area is 89.8 Å². The summed E-state index contributed by atoms with van der Waals surface area (Å²) in [5, 5.41) is 14.6. The van der Waals surface area contributed by atoms with E-state index in [4.69, 9.17) is 5.11 Å². The molecule has 0 bridgehead atoms. The lowest BCUT2D eigenvalue weighted by atomic mass is 9.73. The second-order valence-electron chi connectivity index (χ2n) is 4.84. The zero-order valence-corrected chi connectivity index (χ0v) is 9.12. The van der Waals surface area contributed by atoms with Gasteiger partial charge in [0.05, 0.1) is 0 Å². The van der Waals surface area contributed by atoms with Crippen molar-refractivity contribution in [2.75, 3.05) is 26.2 Å². The van der Waals surface area contributed by atoms with Crippen LogP contribution in [0.3, 0.4) is 0 Å². The van der Waals surface area contributed by atoms with E-state index in [1.807, 2.05) is 6.92 Å². The summed E-state index contributed by atoms with van der Waals surface area (Å²) in [4.78, 5) is 13.0. The largest absolute Gasteiger partial charge is 0.465 e. The van der Waals surface area contributed by atoms with E-state index in [0.29, 0.717) is 6.04 Å². The maximum atomic E-state index is 10.6. The third-order valence-electron chi connectivity index (χ3n) is 3.45. The minimum atomic E-state index is -0.906. The second kappa shape index (κ2) is 3.98. The standard InChI is InChI=1S/C10H19N3O2/c1-10(12-9(14)15)6-8(7-10)13-4-2-11-3-5-13/h8,11-12H,2-7H2,1H3,(H,14,15). The first-order valence-corrected chi connectivity index (χ1v) is 5.55. The summed E-state index contributed by atoms with van der Waals surface area (Å²) in [6.45, 7) is 6.28. The molecule has 1 heterocycles. The van der Waals surface area contributed by atoms with Gasteiger partial charge in [0.2, 0.25) is 0 Å². The molecule has 0 spiro atoms. The van der Waals surface area contributed by atoms with Crippen LogP contribution in [0.2, 0.25) is 0 Å². The Balaban J connectivity index is 1.78. The quantitative estimate of drug-likeness (QED) is 0.608. The average Bonchev–Trinajstić information content (AvgIpc) is 2.14. The Hall–Kier alpha value is -0.810. The summed E-state index contributed by atoms with van der Waals surface area (Å²) < 4.78 is 0. The lowest BCUT2D eigenvalue weighted by Gasteiger charge is -2.50. The van der Waals surface area contributed by atoms with Gasteiger partial charge in [0.25, 0.3) is 0 Å². The van der Waals surface area contributed by atoms with Crippen LogP contribution < -0.4 is 10.6 Å². The van der Waals surface area contributed by atoms with Gasteiger partial charge in [0.1, 0.15) is 0 Å². The molecular formula is C10H19N3O2. The minimum absolute atomic E-state index is 0.193. The van der Waals surface area contributed by atoms with Crippen LogP contribution in [0.1, 0.15) is 19.8 Å². The molecule has 5 heteroatoms. The predicted octanol–water partition coefficient (Wildman–Crippen LogP) is 0.0803. The van der Waals surface area contributed by atoms with Gasteiger partial charge in [-0.1, -0.05) is 0 Å². The first-order valence-electron chi connectivity index (χ1n) is 5.55. The first kappa shape index (κ1) is 10.7. The van der Waals surface area contributed by atoms with Crippen molar-refractivity contribution >= 4 is 6.09 Å². The van der Waals surface area contributed by atoms with Gasteiger partial charge in [0.15, 0.2) is 0 Å². The Kier molecular flexibility index (Phi) is 2.84. The minimum Gasteiger partial charge on any atom is -0.465 e. The molecule has 0 atom stereocenters. The summed E-state index contributed by atoms with van der Waals surface area (Å²) in [7, 11) is 0. The molecule has 2 aliphatic rings. The summed E-state index contributed by atoms with van der Waals surface area (Å²) in [5.74, 6) is 0. The van der Waals surface area contributed by atoms with E-state index in [-0.39, 0.29) is 5.54 Å². The van der Waals surface area contributed by atoms with E-state index in [1.165, 1.54) is 0 Å². The molecule has 1 saturated carbocycles. The van der Waals surface area contributed by atoms with Gasteiger partial charge in [-0.15, -0.1) is 0 Å². The second-order valence-corrected chi connectivity index (χ2v) is 4.84. The van der Waals surface area contributed by atoms with Crippen LogP contribution in [0.5, 0.6) is 0 Å². The van der Waals surface area contributed by atoms with Crippen LogP contribution in [-0.4, -0.2) is 53.9 Å². The molecule has 2 rings (SSSR count). The molecule has 1 amide bonds.